The number of nitrogens with zero attached hydrogens (tertiary/aromatic N) is 4. The van der Waals surface area contributed by atoms with Crippen LogP contribution in [0.1, 0.15) is 27.7 Å². The molecule has 0 spiro atoms. The number of carbonyl (C=O) groups excluding carboxylic acids is 2. The van der Waals surface area contributed by atoms with Crippen LogP contribution in [0, 0.1) is 0 Å². The van der Waals surface area contributed by atoms with E-state index in [1.54, 1.807) is 18.4 Å². The second-order valence-corrected chi connectivity index (χ2v) is 5.70. The van der Waals surface area contributed by atoms with E-state index in [1.807, 2.05) is 38.1 Å². The highest BCUT2D eigenvalue weighted by atomic mass is 16.5. The van der Waals surface area contributed by atoms with Gasteiger partial charge in [0.25, 0.3) is 0 Å². The molecule has 0 atom stereocenters. The van der Waals surface area contributed by atoms with Gasteiger partial charge in [0.15, 0.2) is 0 Å². The molecular formula is C18H24N4O4. The summed E-state index contributed by atoms with van der Waals surface area (Å²) in [7, 11) is 0. The zero-order valence-corrected chi connectivity index (χ0v) is 15.6. The lowest BCUT2D eigenvalue weighted by atomic mass is 10.3. The Bertz CT molecular complexity index is 809. The molecule has 0 aliphatic carbocycles. The minimum atomic E-state index is -0.424. The van der Waals surface area contributed by atoms with Crippen molar-refractivity contribution < 1.29 is 19.1 Å². The molecule has 0 aliphatic heterocycles. The molecule has 1 aromatic carbocycles. The Morgan fingerprint density at radius 3 is 2.42 bits per heavy atom. The zero-order chi connectivity index (χ0) is 19.1. The van der Waals surface area contributed by atoms with E-state index < -0.39 is 5.97 Å². The van der Waals surface area contributed by atoms with Gasteiger partial charge < -0.3 is 9.47 Å². The number of esters is 2. The molecule has 0 aliphatic rings. The first-order valence-corrected chi connectivity index (χ1v) is 8.52. The van der Waals surface area contributed by atoms with Gasteiger partial charge in [0, 0.05) is 5.71 Å². The van der Waals surface area contributed by atoms with Crippen LogP contribution in [0.15, 0.2) is 29.4 Å². The van der Waals surface area contributed by atoms with Crippen molar-refractivity contribution in [1.82, 2.24) is 9.55 Å². The summed E-state index contributed by atoms with van der Waals surface area (Å²) in [6.07, 6.45) is 0. The predicted molar refractivity (Wildman–Crippen MR) is 99.1 cm³/mol. The first kappa shape index (κ1) is 19.4. The number of fused-ring (bicyclic) bond motifs is 1. The number of ether oxygens (including phenoxy) is 2. The number of hydrogen-bond acceptors (Lipinski definition) is 7. The second kappa shape index (κ2) is 8.98. The average Bonchev–Trinajstić information content (AvgIpc) is 2.93. The number of aromatic nitrogens is 2. The van der Waals surface area contributed by atoms with Crippen molar-refractivity contribution in [3.05, 3.63) is 24.3 Å². The highest BCUT2D eigenvalue weighted by molar-refractivity contribution is 5.85. The minimum Gasteiger partial charge on any atom is -0.465 e. The van der Waals surface area contributed by atoms with Crippen molar-refractivity contribution in [3.63, 3.8) is 0 Å². The van der Waals surface area contributed by atoms with Crippen molar-refractivity contribution in [1.29, 1.82) is 0 Å². The summed E-state index contributed by atoms with van der Waals surface area (Å²) in [4.78, 5) is 28.6. The number of rotatable bonds is 8. The van der Waals surface area contributed by atoms with Gasteiger partial charge in [-0.25, -0.2) is 9.99 Å². The summed E-state index contributed by atoms with van der Waals surface area (Å²) < 4.78 is 11.8. The van der Waals surface area contributed by atoms with Crippen LogP contribution >= 0.6 is 0 Å². The Morgan fingerprint density at radius 1 is 1.12 bits per heavy atom. The fraction of sp³-hybridized carbons (Fsp3) is 0.444. The third kappa shape index (κ3) is 4.81. The van der Waals surface area contributed by atoms with E-state index in [0.717, 1.165) is 11.2 Å². The molecule has 1 heterocycles. The molecule has 0 radical (unpaired) electrons. The van der Waals surface area contributed by atoms with E-state index in [2.05, 4.69) is 10.1 Å². The van der Waals surface area contributed by atoms with Crippen LogP contribution in [0.4, 0.5) is 5.95 Å². The first-order chi connectivity index (χ1) is 12.5. The number of anilines is 1. The number of imidazole rings is 1. The van der Waals surface area contributed by atoms with Gasteiger partial charge in [-0.1, -0.05) is 12.1 Å². The number of benzene rings is 1. The molecule has 0 unspecified atom stereocenters. The lowest BCUT2D eigenvalue weighted by Gasteiger charge is -2.19. The summed E-state index contributed by atoms with van der Waals surface area (Å²) in [6, 6.07) is 7.42. The SMILES string of the molecule is CCOC(=O)CN(N=C(C)C)c1nc2ccccc2n1CC(=O)OCC. The highest BCUT2D eigenvalue weighted by Crippen LogP contribution is 2.23. The van der Waals surface area contributed by atoms with Crippen molar-refractivity contribution in [2.45, 2.75) is 34.2 Å². The van der Waals surface area contributed by atoms with E-state index in [-0.39, 0.29) is 25.7 Å². The fourth-order valence-electron chi connectivity index (χ4n) is 2.47. The van der Waals surface area contributed by atoms with Gasteiger partial charge >= 0.3 is 11.9 Å². The van der Waals surface area contributed by atoms with Gasteiger partial charge in [0.1, 0.15) is 13.1 Å². The van der Waals surface area contributed by atoms with Crippen LogP contribution in [-0.4, -0.2) is 47.0 Å². The standard InChI is InChI=1S/C18H24N4O4/c1-5-25-16(23)11-21-15-10-8-7-9-14(15)19-18(21)22(20-13(3)4)12-17(24)26-6-2/h7-10H,5-6,11-12H2,1-4H3. The Kier molecular flexibility index (Phi) is 6.71. The summed E-state index contributed by atoms with van der Waals surface area (Å²) in [5.41, 5.74) is 2.20. The lowest BCUT2D eigenvalue weighted by molar-refractivity contribution is -0.143. The van der Waals surface area contributed by atoms with Gasteiger partial charge in [-0.3, -0.25) is 14.2 Å². The molecule has 0 fully saturated rings. The number of hydrazone groups is 1. The summed E-state index contributed by atoms with van der Waals surface area (Å²) >= 11 is 0. The second-order valence-electron chi connectivity index (χ2n) is 5.70. The number of carbonyl (C=O) groups is 2. The van der Waals surface area contributed by atoms with Crippen LogP contribution in [0.25, 0.3) is 11.0 Å². The molecule has 0 saturated heterocycles. The van der Waals surface area contributed by atoms with Crippen LogP contribution in [0.5, 0.6) is 0 Å². The van der Waals surface area contributed by atoms with Gasteiger partial charge in [0.2, 0.25) is 5.95 Å². The third-order valence-corrected chi connectivity index (χ3v) is 3.36. The number of hydrogen-bond donors (Lipinski definition) is 0. The number of para-hydroxylation sites is 2. The predicted octanol–water partition coefficient (Wildman–Crippen LogP) is 2.36. The first-order valence-electron chi connectivity index (χ1n) is 8.52. The Hall–Kier alpha value is -2.90. The Balaban J connectivity index is 2.50. The van der Waals surface area contributed by atoms with E-state index >= 15 is 0 Å². The van der Waals surface area contributed by atoms with Gasteiger partial charge in [-0.15, -0.1) is 0 Å². The molecule has 0 bridgehead atoms. The van der Waals surface area contributed by atoms with E-state index in [0.29, 0.717) is 18.1 Å². The molecule has 0 N–H and O–H groups in total. The monoisotopic (exact) mass is 360 g/mol. The largest absolute Gasteiger partial charge is 0.465 e. The molecule has 0 amide bonds. The molecule has 0 saturated carbocycles. The summed E-state index contributed by atoms with van der Waals surface area (Å²) in [5, 5.41) is 5.84. The molecule has 8 heteroatoms. The molecule has 8 nitrogen and oxygen atoms in total. The van der Waals surface area contributed by atoms with Crippen molar-refractivity contribution in [2.24, 2.45) is 5.10 Å². The van der Waals surface area contributed by atoms with Crippen LogP contribution in [0.3, 0.4) is 0 Å². The van der Waals surface area contributed by atoms with Crippen LogP contribution in [0.2, 0.25) is 0 Å². The molecule has 26 heavy (non-hydrogen) atoms. The highest BCUT2D eigenvalue weighted by Gasteiger charge is 2.21. The fourth-order valence-corrected chi connectivity index (χ4v) is 2.47. The van der Waals surface area contributed by atoms with Crippen molar-refractivity contribution >= 4 is 34.6 Å². The third-order valence-electron chi connectivity index (χ3n) is 3.36. The maximum Gasteiger partial charge on any atom is 0.327 e. The molecule has 2 rings (SSSR count). The molecule has 1 aromatic heterocycles. The maximum atomic E-state index is 12.1. The molecule has 2 aromatic rings. The van der Waals surface area contributed by atoms with Crippen LogP contribution in [-0.2, 0) is 25.6 Å². The lowest BCUT2D eigenvalue weighted by Crippen LogP contribution is -2.30. The normalized spacial score (nSPS) is 10.5. The smallest absolute Gasteiger partial charge is 0.327 e. The Morgan fingerprint density at radius 2 is 1.77 bits per heavy atom. The van der Waals surface area contributed by atoms with Crippen LogP contribution < -0.4 is 5.01 Å². The van der Waals surface area contributed by atoms with E-state index in [1.165, 1.54) is 5.01 Å². The van der Waals surface area contributed by atoms with E-state index in [4.69, 9.17) is 9.47 Å². The van der Waals surface area contributed by atoms with Gasteiger partial charge in [0.05, 0.1) is 24.2 Å². The van der Waals surface area contributed by atoms with Gasteiger partial charge in [-0.05, 0) is 39.8 Å². The topological polar surface area (TPSA) is 86.0 Å². The summed E-state index contributed by atoms with van der Waals surface area (Å²) in [6.45, 7) is 7.56. The van der Waals surface area contributed by atoms with Gasteiger partial charge in [-0.2, -0.15) is 5.10 Å². The maximum absolute atomic E-state index is 12.1. The molecule has 140 valence electrons. The average molecular weight is 360 g/mol. The van der Waals surface area contributed by atoms with E-state index in [9.17, 15) is 9.59 Å². The summed E-state index contributed by atoms with van der Waals surface area (Å²) in [5.74, 6) is -0.425. The molecular weight excluding hydrogens is 336 g/mol. The minimum absolute atomic E-state index is 0.0265. The zero-order valence-electron chi connectivity index (χ0n) is 15.6. The van der Waals surface area contributed by atoms with Crippen molar-refractivity contribution in [2.75, 3.05) is 24.8 Å². The Labute approximate surface area is 152 Å². The van der Waals surface area contributed by atoms with Crippen molar-refractivity contribution in [3.8, 4) is 0 Å². The quantitative estimate of drug-likeness (QED) is 0.408.